The fraction of sp³-hybridized carbons (Fsp3) is 0.0588. The van der Waals surface area contributed by atoms with Crippen LogP contribution in [0, 0.1) is 6.92 Å². The summed E-state index contributed by atoms with van der Waals surface area (Å²) in [7, 11) is 0. The van der Waals surface area contributed by atoms with Crippen LogP contribution in [0.2, 0.25) is 5.02 Å². The van der Waals surface area contributed by atoms with Gasteiger partial charge in [-0.1, -0.05) is 53.0 Å². The van der Waals surface area contributed by atoms with E-state index in [4.69, 9.17) is 23.2 Å². The number of hydrogen-bond acceptors (Lipinski definition) is 2. The molecule has 0 radical (unpaired) electrons. The van der Waals surface area contributed by atoms with Gasteiger partial charge < -0.3 is 4.98 Å². The van der Waals surface area contributed by atoms with Crippen molar-refractivity contribution < 1.29 is 0 Å². The number of aryl methyl sites for hydroxylation is 1. The summed E-state index contributed by atoms with van der Waals surface area (Å²) in [6.45, 7) is 2.01. The van der Waals surface area contributed by atoms with Crippen LogP contribution in [0.15, 0.2) is 47.3 Å². The summed E-state index contributed by atoms with van der Waals surface area (Å²) in [5, 5.41) is 1.31. The van der Waals surface area contributed by atoms with E-state index < -0.39 is 0 Å². The van der Waals surface area contributed by atoms with Crippen LogP contribution in [-0.2, 0) is 0 Å². The fourth-order valence-corrected chi connectivity index (χ4v) is 2.59. The Hall–Kier alpha value is -2.10. The molecule has 0 saturated heterocycles. The molecular formula is C17H12Cl2N2O. The second kappa shape index (κ2) is 5.95. The number of hydrogen-bond donors (Lipinski definition) is 1. The number of nitrogens with one attached hydrogen (secondary N) is 1. The minimum Gasteiger partial charge on any atom is -0.305 e. The monoisotopic (exact) mass is 330 g/mol. The van der Waals surface area contributed by atoms with E-state index in [1.165, 1.54) is 0 Å². The summed E-state index contributed by atoms with van der Waals surface area (Å²) in [6.07, 6.45) is 1.77. The first-order valence-electron chi connectivity index (χ1n) is 6.67. The zero-order valence-corrected chi connectivity index (χ0v) is 13.2. The van der Waals surface area contributed by atoms with Crippen molar-refractivity contribution in [1.82, 2.24) is 9.97 Å². The predicted octanol–water partition coefficient (Wildman–Crippen LogP) is 4.62. The third-order valence-electron chi connectivity index (χ3n) is 3.23. The average Bonchev–Trinajstić information content (AvgIpc) is 2.48. The summed E-state index contributed by atoms with van der Waals surface area (Å²) in [5.74, 6) is 0.336. The minimum absolute atomic E-state index is 0.265. The number of rotatable bonds is 2. The molecule has 0 aliphatic rings. The van der Waals surface area contributed by atoms with Gasteiger partial charge in [0.2, 0.25) is 0 Å². The largest absolute Gasteiger partial charge is 0.305 e. The van der Waals surface area contributed by atoms with Crippen molar-refractivity contribution in [3.63, 3.8) is 0 Å². The highest BCUT2D eigenvalue weighted by molar-refractivity contribution is 6.50. The molecule has 0 bridgehead atoms. The van der Waals surface area contributed by atoms with Crippen molar-refractivity contribution in [2.24, 2.45) is 0 Å². The molecule has 110 valence electrons. The second-order valence-electron chi connectivity index (χ2n) is 4.98. The summed E-state index contributed by atoms with van der Waals surface area (Å²) in [4.78, 5) is 19.2. The van der Waals surface area contributed by atoms with Crippen molar-refractivity contribution >= 4 is 45.2 Å². The van der Waals surface area contributed by atoms with E-state index in [-0.39, 0.29) is 5.56 Å². The molecule has 0 aliphatic carbocycles. The lowest BCUT2D eigenvalue weighted by Crippen LogP contribution is -2.10. The molecule has 0 amide bonds. The maximum atomic E-state index is 12.1. The SMILES string of the molecule is Cc1cccc(/C=C(\Cl)c2nc3ccc(Cl)cc3c(=O)[nH]2)c1. The number of aromatic nitrogens is 2. The smallest absolute Gasteiger partial charge is 0.259 e. The molecule has 3 aromatic rings. The summed E-state index contributed by atoms with van der Waals surface area (Å²) < 4.78 is 0. The number of H-pyrrole nitrogens is 1. The van der Waals surface area contributed by atoms with Crippen LogP contribution in [0.25, 0.3) is 22.0 Å². The van der Waals surface area contributed by atoms with Gasteiger partial charge in [0.1, 0.15) is 0 Å². The quantitative estimate of drug-likeness (QED) is 0.745. The van der Waals surface area contributed by atoms with Crippen molar-refractivity contribution in [3.8, 4) is 0 Å². The second-order valence-corrected chi connectivity index (χ2v) is 5.83. The molecule has 0 fully saturated rings. The Balaban J connectivity index is 2.10. The molecule has 0 unspecified atom stereocenters. The molecule has 0 atom stereocenters. The predicted molar refractivity (Wildman–Crippen MR) is 92.3 cm³/mol. The Morgan fingerprint density at radius 1 is 1.23 bits per heavy atom. The Morgan fingerprint density at radius 3 is 2.82 bits per heavy atom. The van der Waals surface area contributed by atoms with Crippen LogP contribution < -0.4 is 5.56 Å². The zero-order valence-electron chi connectivity index (χ0n) is 11.7. The van der Waals surface area contributed by atoms with E-state index >= 15 is 0 Å². The molecule has 3 rings (SSSR count). The number of benzene rings is 2. The van der Waals surface area contributed by atoms with E-state index in [2.05, 4.69) is 9.97 Å². The summed E-state index contributed by atoms with van der Waals surface area (Å²) >= 11 is 12.2. The highest BCUT2D eigenvalue weighted by atomic mass is 35.5. The number of fused-ring (bicyclic) bond motifs is 1. The Kier molecular flexibility index (Phi) is 4.01. The van der Waals surface area contributed by atoms with Gasteiger partial charge in [0, 0.05) is 5.02 Å². The third kappa shape index (κ3) is 3.06. The molecule has 2 aromatic carbocycles. The average molecular weight is 331 g/mol. The van der Waals surface area contributed by atoms with Gasteiger partial charge in [-0.25, -0.2) is 4.98 Å². The number of halogens is 2. The Morgan fingerprint density at radius 2 is 2.05 bits per heavy atom. The van der Waals surface area contributed by atoms with E-state index in [1.54, 1.807) is 24.3 Å². The molecule has 22 heavy (non-hydrogen) atoms. The molecule has 0 spiro atoms. The first-order chi connectivity index (χ1) is 10.5. The lowest BCUT2D eigenvalue weighted by Gasteiger charge is -2.03. The highest BCUT2D eigenvalue weighted by Crippen LogP contribution is 2.21. The highest BCUT2D eigenvalue weighted by Gasteiger charge is 2.07. The molecular weight excluding hydrogens is 319 g/mol. The van der Waals surface area contributed by atoms with Gasteiger partial charge in [0.15, 0.2) is 5.82 Å². The van der Waals surface area contributed by atoms with E-state index in [0.29, 0.717) is 26.8 Å². The van der Waals surface area contributed by atoms with Crippen LogP contribution in [0.3, 0.4) is 0 Å². The summed E-state index contributed by atoms with van der Waals surface area (Å²) in [6, 6.07) is 12.9. The van der Waals surface area contributed by atoms with Crippen molar-refractivity contribution in [3.05, 3.63) is 74.8 Å². The minimum atomic E-state index is -0.265. The molecule has 3 nitrogen and oxygen atoms in total. The van der Waals surface area contributed by atoms with Crippen LogP contribution in [0.4, 0.5) is 0 Å². The van der Waals surface area contributed by atoms with Gasteiger partial charge in [-0.2, -0.15) is 0 Å². The lowest BCUT2D eigenvalue weighted by molar-refractivity contribution is 1.14. The number of aromatic amines is 1. The molecule has 0 saturated carbocycles. The maximum Gasteiger partial charge on any atom is 0.259 e. The van der Waals surface area contributed by atoms with Crippen LogP contribution in [-0.4, -0.2) is 9.97 Å². The van der Waals surface area contributed by atoms with Crippen molar-refractivity contribution in [1.29, 1.82) is 0 Å². The standard InChI is InChI=1S/C17H12Cl2N2O/c1-10-3-2-4-11(7-10)8-14(19)16-20-15-6-5-12(18)9-13(15)17(22)21-16/h2-9H,1H3,(H,20,21,22)/b14-8-. The first-order valence-corrected chi connectivity index (χ1v) is 7.42. The first kappa shape index (κ1) is 14.8. The van der Waals surface area contributed by atoms with Gasteiger partial charge in [-0.3, -0.25) is 4.79 Å². The normalized spacial score (nSPS) is 11.9. The van der Waals surface area contributed by atoms with Crippen LogP contribution in [0.1, 0.15) is 17.0 Å². The number of nitrogens with zero attached hydrogens (tertiary/aromatic N) is 1. The van der Waals surface area contributed by atoms with Crippen molar-refractivity contribution in [2.75, 3.05) is 0 Å². The molecule has 1 aromatic heterocycles. The van der Waals surface area contributed by atoms with Crippen LogP contribution >= 0.6 is 23.2 Å². The van der Waals surface area contributed by atoms with Gasteiger partial charge in [0.25, 0.3) is 5.56 Å². The van der Waals surface area contributed by atoms with E-state index in [1.807, 2.05) is 31.2 Å². The summed E-state index contributed by atoms with van der Waals surface area (Å²) in [5.41, 5.74) is 2.37. The lowest BCUT2D eigenvalue weighted by atomic mass is 10.1. The molecule has 5 heteroatoms. The molecule has 1 heterocycles. The van der Waals surface area contributed by atoms with Crippen molar-refractivity contribution in [2.45, 2.75) is 6.92 Å². The Labute approximate surface area is 137 Å². The van der Waals surface area contributed by atoms with Gasteiger partial charge in [-0.15, -0.1) is 0 Å². The molecule has 0 aliphatic heterocycles. The van der Waals surface area contributed by atoms with Gasteiger partial charge in [0.05, 0.1) is 15.9 Å². The topological polar surface area (TPSA) is 45.8 Å². The van der Waals surface area contributed by atoms with E-state index in [0.717, 1.165) is 11.1 Å². The Bertz CT molecular complexity index is 945. The fourth-order valence-electron chi connectivity index (χ4n) is 2.20. The zero-order chi connectivity index (χ0) is 15.7. The molecule has 1 N–H and O–H groups in total. The van der Waals surface area contributed by atoms with Gasteiger partial charge in [-0.05, 0) is 36.8 Å². The maximum absolute atomic E-state index is 12.1. The van der Waals surface area contributed by atoms with Gasteiger partial charge >= 0.3 is 0 Å². The third-order valence-corrected chi connectivity index (χ3v) is 3.75. The van der Waals surface area contributed by atoms with Crippen LogP contribution in [0.5, 0.6) is 0 Å². The van der Waals surface area contributed by atoms with E-state index in [9.17, 15) is 4.79 Å².